The first-order chi connectivity index (χ1) is 23.1. The molecule has 49 heavy (non-hydrogen) atoms. The molecule has 4 rings (SSSR count). The van der Waals surface area contributed by atoms with E-state index in [2.05, 4.69) is 30.7 Å². The third-order valence-electron chi connectivity index (χ3n) is 6.32. The Labute approximate surface area is 276 Å². The highest BCUT2D eigenvalue weighted by Gasteiger charge is 2.28. The van der Waals surface area contributed by atoms with Gasteiger partial charge in [-0.2, -0.15) is 14.5 Å². The molecular weight excluding hydrogens is 666 g/mol. The Morgan fingerprint density at radius 1 is 0.592 bits per heavy atom. The van der Waals surface area contributed by atoms with Crippen molar-refractivity contribution in [3.63, 3.8) is 0 Å². The van der Waals surface area contributed by atoms with Crippen molar-refractivity contribution < 1.29 is 53.4 Å². The van der Waals surface area contributed by atoms with Crippen molar-refractivity contribution in [1.82, 2.24) is 4.31 Å². The van der Waals surface area contributed by atoms with E-state index in [0.717, 1.165) is 35.9 Å². The molecule has 0 heterocycles. The number of aromatic carboxylic acids is 1. The average molecular weight is 692 g/mol. The lowest BCUT2D eigenvalue weighted by Gasteiger charge is -2.18. The largest absolute Gasteiger partial charge is 0.506 e. The fourth-order valence-corrected chi connectivity index (χ4v) is 5.30. The second-order valence-electron chi connectivity index (χ2n) is 9.98. The molecule has 0 atom stereocenters. The maximum absolute atomic E-state index is 12.8. The predicted molar refractivity (Wildman–Crippen MR) is 169 cm³/mol. The van der Waals surface area contributed by atoms with Gasteiger partial charge in [-0.3, -0.25) is 9.59 Å². The molecule has 18 nitrogen and oxygen atoms in total. The molecule has 0 amide bonds. The van der Waals surface area contributed by atoms with Crippen LogP contribution in [-0.4, -0.2) is 74.4 Å². The highest BCUT2D eigenvalue weighted by Crippen LogP contribution is 2.41. The number of rotatable bonds is 13. The van der Waals surface area contributed by atoms with Gasteiger partial charge in [-0.15, -0.1) is 20.5 Å². The number of azo groups is 3. The summed E-state index contributed by atoms with van der Waals surface area (Å²) in [6.07, 6.45) is 0. The van der Waals surface area contributed by atoms with E-state index in [0.29, 0.717) is 0 Å². The van der Waals surface area contributed by atoms with Gasteiger partial charge in [-0.1, -0.05) is 6.07 Å². The molecule has 0 spiro atoms. The van der Waals surface area contributed by atoms with Crippen LogP contribution in [0.2, 0.25) is 0 Å². The zero-order chi connectivity index (χ0) is 35.9. The van der Waals surface area contributed by atoms with Gasteiger partial charge < -0.3 is 30.6 Å². The quantitative estimate of drug-likeness (QED) is 0.0856. The van der Waals surface area contributed by atoms with Crippen LogP contribution in [0.5, 0.6) is 17.2 Å². The highest BCUT2D eigenvalue weighted by molar-refractivity contribution is 7.89. The molecule has 0 bridgehead atoms. The third-order valence-corrected chi connectivity index (χ3v) is 8.13. The van der Waals surface area contributed by atoms with Crippen molar-refractivity contribution >= 4 is 62.1 Å². The van der Waals surface area contributed by atoms with Gasteiger partial charge in [0, 0.05) is 12.1 Å². The number of aromatic hydroxyl groups is 3. The normalized spacial score (nSPS) is 12.0. The molecule has 0 aliphatic rings. The Bertz CT molecular complexity index is 2120. The van der Waals surface area contributed by atoms with Crippen LogP contribution in [0, 0.1) is 6.92 Å². The monoisotopic (exact) mass is 691 g/mol. The number of hydrogen-bond acceptors (Lipinski definition) is 14. The molecule has 19 heteroatoms. The third kappa shape index (κ3) is 9.02. The number of phenols is 3. The number of carboxylic acids is 3. The van der Waals surface area contributed by atoms with Crippen LogP contribution < -0.4 is 0 Å². The summed E-state index contributed by atoms with van der Waals surface area (Å²) in [5.74, 6) is -5.61. The van der Waals surface area contributed by atoms with Crippen molar-refractivity contribution in [3.05, 3.63) is 83.9 Å². The number of nitrogens with zero attached hydrogens (tertiary/aromatic N) is 7. The van der Waals surface area contributed by atoms with Gasteiger partial charge in [0.2, 0.25) is 10.0 Å². The minimum absolute atomic E-state index is 0.0525. The van der Waals surface area contributed by atoms with Gasteiger partial charge in [-0.25, -0.2) is 13.2 Å². The molecule has 252 valence electrons. The maximum Gasteiger partial charge on any atom is 0.338 e. The van der Waals surface area contributed by atoms with Crippen LogP contribution in [0.3, 0.4) is 0 Å². The molecule has 0 unspecified atom stereocenters. The molecule has 0 radical (unpaired) electrons. The molecule has 0 aliphatic heterocycles. The van der Waals surface area contributed by atoms with Crippen LogP contribution in [0.25, 0.3) is 0 Å². The zero-order valence-corrected chi connectivity index (χ0v) is 25.9. The maximum atomic E-state index is 12.8. The summed E-state index contributed by atoms with van der Waals surface area (Å²) < 4.78 is 25.8. The van der Waals surface area contributed by atoms with E-state index >= 15 is 0 Å². The fourth-order valence-electron chi connectivity index (χ4n) is 3.97. The van der Waals surface area contributed by atoms with Crippen LogP contribution >= 0.6 is 0 Å². The second kappa shape index (κ2) is 14.9. The lowest BCUT2D eigenvalue weighted by atomic mass is 10.1. The van der Waals surface area contributed by atoms with E-state index in [-0.39, 0.29) is 49.7 Å². The van der Waals surface area contributed by atoms with Crippen LogP contribution in [0.4, 0.5) is 34.1 Å². The van der Waals surface area contributed by atoms with E-state index in [1.807, 2.05) is 0 Å². The number of sulfonamides is 1. The summed E-state index contributed by atoms with van der Waals surface area (Å²) in [6, 6.07) is 15.0. The molecule has 0 saturated heterocycles. The van der Waals surface area contributed by atoms with Crippen molar-refractivity contribution in [2.45, 2.75) is 11.8 Å². The summed E-state index contributed by atoms with van der Waals surface area (Å²) >= 11 is 0. The first kappa shape index (κ1) is 35.3. The molecule has 0 saturated carbocycles. The molecule has 0 fully saturated rings. The van der Waals surface area contributed by atoms with Crippen molar-refractivity contribution in [1.29, 1.82) is 0 Å². The van der Waals surface area contributed by atoms with E-state index < -0.39 is 57.4 Å². The first-order valence-corrected chi connectivity index (χ1v) is 15.1. The Kier molecular flexibility index (Phi) is 10.7. The van der Waals surface area contributed by atoms with Gasteiger partial charge in [0.1, 0.15) is 53.1 Å². The second-order valence-corrected chi connectivity index (χ2v) is 11.9. The van der Waals surface area contributed by atoms with Gasteiger partial charge >= 0.3 is 17.9 Å². The van der Waals surface area contributed by atoms with Crippen LogP contribution in [0.15, 0.2) is 108 Å². The standard InChI is InChI=1S/C30H25N7O11S/c1-16-2-9-25(38)22(10-16)34-36-24-12-23(26(39)13-27(24)40)35-33-21-8-5-18(11-20(21)30(45)46)32-31-17-3-6-19(7-4-17)49(47,48)37(14-28(41)42)15-29(43)44/h2-13,38-40H,14-15H2,1H3,(H,41,42)(H,43,44)(H,45,46). The van der Waals surface area contributed by atoms with Gasteiger partial charge in [0.05, 0.1) is 21.8 Å². The van der Waals surface area contributed by atoms with E-state index in [1.165, 1.54) is 30.3 Å². The van der Waals surface area contributed by atoms with E-state index in [4.69, 9.17) is 10.2 Å². The number of aryl methyl sites for hydroxylation is 1. The number of hydrogen-bond donors (Lipinski definition) is 6. The van der Waals surface area contributed by atoms with Crippen molar-refractivity contribution in [3.8, 4) is 17.2 Å². The fraction of sp³-hybridized carbons (Fsp3) is 0.100. The number of aliphatic carboxylic acids is 2. The summed E-state index contributed by atoms with van der Waals surface area (Å²) in [4.78, 5) is 33.7. The topological polar surface area (TPSA) is 284 Å². The smallest absolute Gasteiger partial charge is 0.338 e. The lowest BCUT2D eigenvalue weighted by molar-refractivity contribution is -0.139. The molecule has 4 aromatic rings. The number of carboxylic acid groups (broad SMARTS) is 3. The molecule has 0 aliphatic carbocycles. The first-order valence-electron chi connectivity index (χ1n) is 13.7. The van der Waals surface area contributed by atoms with Gasteiger partial charge in [0.15, 0.2) is 0 Å². The van der Waals surface area contributed by atoms with E-state index in [9.17, 15) is 43.2 Å². The summed E-state index contributed by atoms with van der Waals surface area (Å²) in [7, 11) is -4.48. The Morgan fingerprint density at radius 2 is 1.10 bits per heavy atom. The van der Waals surface area contributed by atoms with Crippen molar-refractivity contribution in [2.24, 2.45) is 30.7 Å². The summed E-state index contributed by atoms with van der Waals surface area (Å²) in [5, 5.41) is 81.6. The highest BCUT2D eigenvalue weighted by atomic mass is 32.2. The Morgan fingerprint density at radius 3 is 1.65 bits per heavy atom. The van der Waals surface area contributed by atoms with Gasteiger partial charge in [-0.05, 0) is 67.1 Å². The van der Waals surface area contributed by atoms with Crippen LogP contribution in [0.1, 0.15) is 15.9 Å². The number of carbonyl (C=O) groups is 3. The van der Waals surface area contributed by atoms with Crippen molar-refractivity contribution in [2.75, 3.05) is 13.1 Å². The molecule has 4 aromatic carbocycles. The Hall–Kier alpha value is -6.60. The minimum Gasteiger partial charge on any atom is -0.506 e. The number of phenolic OH excluding ortho intramolecular Hbond substituents is 3. The number of benzene rings is 4. The molecular formula is C30H25N7O11S. The summed E-state index contributed by atoms with van der Waals surface area (Å²) in [6.45, 7) is -0.357. The van der Waals surface area contributed by atoms with E-state index in [1.54, 1.807) is 19.1 Å². The molecule has 6 N–H and O–H groups in total. The minimum atomic E-state index is -4.48. The molecule has 0 aromatic heterocycles. The van der Waals surface area contributed by atoms with Crippen LogP contribution in [-0.2, 0) is 19.6 Å². The van der Waals surface area contributed by atoms with Gasteiger partial charge in [0.25, 0.3) is 0 Å². The summed E-state index contributed by atoms with van der Waals surface area (Å²) in [5.41, 5.74) is 0.267. The average Bonchev–Trinajstić information content (AvgIpc) is 3.04. The lowest BCUT2D eigenvalue weighted by Crippen LogP contribution is -2.39. The zero-order valence-electron chi connectivity index (χ0n) is 25.1. The Balaban J connectivity index is 1.55. The predicted octanol–water partition coefficient (Wildman–Crippen LogP) is 6.22. The SMILES string of the molecule is Cc1ccc(O)c(N=Nc2cc(N=Nc3ccc(N=Nc4ccc(S(=O)(=O)N(CC(=O)O)CC(=O)O)cc4)cc3C(=O)O)c(O)cc2O)c1.